The molecule has 0 bridgehead atoms. The van der Waals surface area contributed by atoms with Crippen molar-refractivity contribution in [3.05, 3.63) is 59.4 Å². The Balaban J connectivity index is 1.29. The molecule has 6 heteroatoms. The molecule has 2 heterocycles. The van der Waals surface area contributed by atoms with E-state index in [0.717, 1.165) is 45.2 Å². The van der Waals surface area contributed by atoms with E-state index in [-0.39, 0.29) is 23.1 Å². The van der Waals surface area contributed by atoms with Gasteiger partial charge >= 0.3 is 0 Å². The van der Waals surface area contributed by atoms with Gasteiger partial charge in [0.1, 0.15) is 0 Å². The van der Waals surface area contributed by atoms with E-state index in [2.05, 4.69) is 39.8 Å². The molecular formula is C24H28N4O2. The Bertz CT molecular complexity index is 933. The molecule has 0 radical (unpaired) electrons. The molecule has 1 N–H and O–H groups in total. The molecule has 1 spiro atoms. The van der Waals surface area contributed by atoms with Crippen LogP contribution in [-0.2, 0) is 10.2 Å². The van der Waals surface area contributed by atoms with Gasteiger partial charge in [-0.1, -0.05) is 24.3 Å². The summed E-state index contributed by atoms with van der Waals surface area (Å²) < 4.78 is 0. The van der Waals surface area contributed by atoms with E-state index >= 15 is 0 Å². The first-order valence-corrected chi connectivity index (χ1v) is 11.1. The molecule has 5 rings (SSSR count). The predicted octanol–water partition coefficient (Wildman–Crippen LogP) is 3.20. The number of aromatic nitrogens is 2. The lowest BCUT2D eigenvalue weighted by Gasteiger charge is -2.40. The second kappa shape index (κ2) is 7.82. The monoisotopic (exact) mass is 404 g/mol. The molecule has 1 aliphatic heterocycles. The van der Waals surface area contributed by atoms with Crippen molar-refractivity contribution in [1.82, 2.24) is 20.4 Å². The molecule has 30 heavy (non-hydrogen) atoms. The van der Waals surface area contributed by atoms with Gasteiger partial charge in [-0.15, -0.1) is 0 Å². The zero-order valence-electron chi connectivity index (χ0n) is 17.2. The predicted molar refractivity (Wildman–Crippen MR) is 113 cm³/mol. The van der Waals surface area contributed by atoms with Crippen molar-refractivity contribution in [3.8, 4) is 0 Å². The summed E-state index contributed by atoms with van der Waals surface area (Å²) in [6.07, 6.45) is 10.0. The maximum absolute atomic E-state index is 12.8. The van der Waals surface area contributed by atoms with E-state index in [1.54, 1.807) is 12.3 Å². The fraction of sp³-hybridized carbons (Fsp3) is 0.500. The first-order valence-electron chi connectivity index (χ1n) is 11.1. The van der Waals surface area contributed by atoms with Crippen LogP contribution < -0.4 is 5.32 Å². The van der Waals surface area contributed by atoms with Gasteiger partial charge in [0.25, 0.3) is 5.91 Å². The van der Waals surface area contributed by atoms with Gasteiger partial charge < -0.3 is 10.2 Å². The Morgan fingerprint density at radius 2 is 1.90 bits per heavy atom. The number of carbonyl (C=O) groups excluding carboxylic acids is 2. The third-order valence-electron chi connectivity index (χ3n) is 7.35. The summed E-state index contributed by atoms with van der Waals surface area (Å²) in [5.74, 6) is 0.490. The van der Waals surface area contributed by atoms with Crippen molar-refractivity contribution in [2.45, 2.75) is 62.3 Å². The Morgan fingerprint density at radius 1 is 1.10 bits per heavy atom. The second-order valence-corrected chi connectivity index (χ2v) is 9.09. The highest BCUT2D eigenvalue weighted by Crippen LogP contribution is 2.52. The van der Waals surface area contributed by atoms with Crippen LogP contribution in [0.1, 0.15) is 72.3 Å². The molecule has 2 aliphatic carbocycles. The van der Waals surface area contributed by atoms with Crippen LogP contribution in [0.5, 0.6) is 0 Å². The van der Waals surface area contributed by atoms with E-state index in [4.69, 9.17) is 0 Å². The minimum atomic E-state index is 0.0301. The van der Waals surface area contributed by atoms with Crippen LogP contribution in [0.4, 0.5) is 0 Å². The summed E-state index contributed by atoms with van der Waals surface area (Å²) in [5.41, 5.74) is 3.40. The molecule has 6 nitrogen and oxygen atoms in total. The molecule has 1 aromatic carbocycles. The van der Waals surface area contributed by atoms with Crippen LogP contribution >= 0.6 is 0 Å². The molecular weight excluding hydrogens is 376 g/mol. The third-order valence-corrected chi connectivity index (χ3v) is 7.35. The number of nitrogens with one attached hydrogen (secondary N) is 1. The molecule has 1 saturated heterocycles. The Hall–Kier alpha value is -2.76. The van der Waals surface area contributed by atoms with Gasteiger partial charge in [-0.2, -0.15) is 10.2 Å². The van der Waals surface area contributed by atoms with Gasteiger partial charge in [-0.25, -0.2) is 0 Å². The third kappa shape index (κ3) is 3.48. The average molecular weight is 405 g/mol. The number of nitrogens with zero attached hydrogens (tertiary/aromatic N) is 3. The summed E-state index contributed by atoms with van der Waals surface area (Å²) in [7, 11) is 0. The van der Waals surface area contributed by atoms with E-state index in [1.165, 1.54) is 23.7 Å². The molecule has 1 saturated carbocycles. The number of carbonyl (C=O) groups is 2. The van der Waals surface area contributed by atoms with Crippen molar-refractivity contribution < 1.29 is 9.59 Å². The fourth-order valence-corrected chi connectivity index (χ4v) is 5.48. The van der Waals surface area contributed by atoms with E-state index in [9.17, 15) is 9.59 Å². The first-order chi connectivity index (χ1) is 14.6. The van der Waals surface area contributed by atoms with Crippen LogP contribution in [0.3, 0.4) is 0 Å². The minimum absolute atomic E-state index is 0.0301. The maximum atomic E-state index is 12.8. The molecule has 2 amide bonds. The summed E-state index contributed by atoms with van der Waals surface area (Å²) in [4.78, 5) is 27.3. The topological polar surface area (TPSA) is 75.2 Å². The van der Waals surface area contributed by atoms with Crippen LogP contribution in [0, 0.1) is 0 Å². The van der Waals surface area contributed by atoms with Crippen LogP contribution in [0.15, 0.2) is 42.7 Å². The van der Waals surface area contributed by atoms with Gasteiger partial charge in [0.2, 0.25) is 5.91 Å². The molecule has 3 aliphatic rings. The second-order valence-electron chi connectivity index (χ2n) is 9.09. The van der Waals surface area contributed by atoms with Crippen molar-refractivity contribution in [2.75, 3.05) is 13.1 Å². The highest BCUT2D eigenvalue weighted by Gasteiger charge is 2.46. The van der Waals surface area contributed by atoms with Crippen LogP contribution in [0.25, 0.3) is 0 Å². The Morgan fingerprint density at radius 3 is 2.60 bits per heavy atom. The summed E-state index contributed by atoms with van der Waals surface area (Å²) >= 11 is 0. The molecule has 0 unspecified atom stereocenters. The number of benzene rings is 1. The maximum Gasteiger partial charge on any atom is 0.255 e. The standard InChI is InChI=1S/C24H28N4O2/c29-22(27-19-4-3-5-19)14-18-15-24(21-7-2-1-6-20(18)21)9-12-28(13-10-24)23(30)17-8-11-25-26-16-17/h1-2,6-8,11,16,18-19H,3-5,9-10,12-15H2,(H,27,29)/t18-/m0/s1. The fourth-order valence-electron chi connectivity index (χ4n) is 5.48. The number of rotatable bonds is 4. The summed E-state index contributed by atoms with van der Waals surface area (Å²) in [5, 5.41) is 10.8. The van der Waals surface area contributed by atoms with Crippen molar-refractivity contribution >= 4 is 11.8 Å². The summed E-state index contributed by atoms with van der Waals surface area (Å²) in [6, 6.07) is 10.7. The van der Waals surface area contributed by atoms with Gasteiger partial charge in [0.05, 0.1) is 18.0 Å². The highest BCUT2D eigenvalue weighted by molar-refractivity contribution is 5.93. The van der Waals surface area contributed by atoms with Crippen molar-refractivity contribution in [2.24, 2.45) is 0 Å². The van der Waals surface area contributed by atoms with E-state index in [0.29, 0.717) is 18.0 Å². The molecule has 2 fully saturated rings. The van der Waals surface area contributed by atoms with Crippen molar-refractivity contribution in [3.63, 3.8) is 0 Å². The van der Waals surface area contributed by atoms with Gasteiger partial charge in [-0.3, -0.25) is 9.59 Å². The lowest BCUT2D eigenvalue weighted by molar-refractivity contribution is -0.122. The number of amides is 2. The molecule has 156 valence electrons. The lowest BCUT2D eigenvalue weighted by Crippen LogP contribution is -2.44. The lowest BCUT2D eigenvalue weighted by atomic mass is 9.73. The van der Waals surface area contributed by atoms with Gasteiger partial charge in [-0.05, 0) is 67.1 Å². The molecule has 1 atom stereocenters. The van der Waals surface area contributed by atoms with E-state index in [1.807, 2.05) is 4.90 Å². The van der Waals surface area contributed by atoms with E-state index < -0.39 is 0 Å². The Labute approximate surface area is 177 Å². The van der Waals surface area contributed by atoms with Crippen LogP contribution in [0.2, 0.25) is 0 Å². The zero-order valence-corrected chi connectivity index (χ0v) is 17.2. The minimum Gasteiger partial charge on any atom is -0.353 e. The Kier molecular flexibility index (Phi) is 5.01. The molecule has 2 aromatic rings. The number of likely N-dealkylation sites (tertiary alicyclic amines) is 1. The van der Waals surface area contributed by atoms with Crippen LogP contribution in [-0.4, -0.2) is 46.0 Å². The number of hydrogen-bond donors (Lipinski definition) is 1. The normalized spacial score (nSPS) is 22.4. The zero-order chi connectivity index (χ0) is 20.6. The van der Waals surface area contributed by atoms with Gasteiger partial charge in [0, 0.05) is 25.6 Å². The number of hydrogen-bond acceptors (Lipinski definition) is 4. The van der Waals surface area contributed by atoms with Gasteiger partial charge in [0.15, 0.2) is 0 Å². The average Bonchev–Trinajstić information content (AvgIpc) is 3.05. The summed E-state index contributed by atoms with van der Waals surface area (Å²) in [6.45, 7) is 1.47. The quantitative estimate of drug-likeness (QED) is 0.849. The first kappa shape index (κ1) is 19.2. The number of fused-ring (bicyclic) bond motifs is 2. The highest BCUT2D eigenvalue weighted by atomic mass is 16.2. The number of piperidine rings is 1. The largest absolute Gasteiger partial charge is 0.353 e. The SMILES string of the molecule is O=C(C[C@H]1CC2(CCN(C(=O)c3ccnnc3)CC2)c2ccccc21)NC1CCC1. The molecule has 1 aromatic heterocycles. The smallest absolute Gasteiger partial charge is 0.255 e. The van der Waals surface area contributed by atoms with Crippen molar-refractivity contribution in [1.29, 1.82) is 0 Å².